The molecule has 0 heterocycles. The molecular formula is C21H20Cl6O2. The first-order valence-corrected chi connectivity index (χ1v) is 11.6. The van der Waals surface area contributed by atoms with Gasteiger partial charge in [-0.15, -0.1) is 23.2 Å². The van der Waals surface area contributed by atoms with E-state index in [0.29, 0.717) is 44.8 Å². The van der Waals surface area contributed by atoms with Gasteiger partial charge < -0.3 is 9.47 Å². The van der Waals surface area contributed by atoms with Gasteiger partial charge in [-0.05, 0) is 73.9 Å². The van der Waals surface area contributed by atoms with Crippen molar-refractivity contribution in [1.29, 1.82) is 0 Å². The van der Waals surface area contributed by atoms with Crippen LogP contribution in [0.5, 0.6) is 11.5 Å². The van der Waals surface area contributed by atoms with Crippen LogP contribution in [0.2, 0.25) is 20.1 Å². The molecule has 2 aromatic carbocycles. The summed E-state index contributed by atoms with van der Waals surface area (Å²) >= 11 is 36.9. The van der Waals surface area contributed by atoms with Gasteiger partial charge in [0.2, 0.25) is 0 Å². The molecule has 1 aliphatic rings. The number of benzene rings is 2. The van der Waals surface area contributed by atoms with E-state index in [9.17, 15) is 0 Å². The maximum absolute atomic E-state index is 6.46. The highest BCUT2D eigenvalue weighted by atomic mass is 35.5. The SMILES string of the molecule is Clc1ccc(OCCCC2C(CCCOc3ccc(Cl)cc3Cl)C2(Cl)Cl)c(Cl)c1. The molecule has 2 unspecified atom stereocenters. The fourth-order valence-electron chi connectivity index (χ4n) is 3.40. The average Bonchev–Trinajstić information content (AvgIpc) is 3.17. The van der Waals surface area contributed by atoms with Gasteiger partial charge in [-0.3, -0.25) is 0 Å². The summed E-state index contributed by atoms with van der Waals surface area (Å²) in [4.78, 5) is 0. The summed E-state index contributed by atoms with van der Waals surface area (Å²) in [6.45, 7) is 1.10. The maximum Gasteiger partial charge on any atom is 0.137 e. The van der Waals surface area contributed by atoms with Gasteiger partial charge in [0.25, 0.3) is 0 Å². The van der Waals surface area contributed by atoms with Gasteiger partial charge in [-0.2, -0.15) is 0 Å². The highest BCUT2D eigenvalue weighted by Gasteiger charge is 2.61. The molecule has 1 aliphatic carbocycles. The molecule has 0 amide bonds. The number of rotatable bonds is 10. The quantitative estimate of drug-likeness (QED) is 0.232. The predicted molar refractivity (Wildman–Crippen MR) is 124 cm³/mol. The third-order valence-electron chi connectivity index (χ3n) is 4.99. The fraction of sp³-hybridized carbons (Fsp3) is 0.429. The van der Waals surface area contributed by atoms with Gasteiger partial charge in [0.15, 0.2) is 0 Å². The molecule has 0 radical (unpaired) electrons. The second kappa shape index (κ2) is 10.4. The summed E-state index contributed by atoms with van der Waals surface area (Å²) in [5.41, 5.74) is 0. The van der Waals surface area contributed by atoms with Crippen LogP contribution in [-0.4, -0.2) is 17.5 Å². The van der Waals surface area contributed by atoms with Gasteiger partial charge in [0.1, 0.15) is 15.8 Å². The minimum absolute atomic E-state index is 0.259. The topological polar surface area (TPSA) is 18.5 Å². The number of ether oxygens (including phenoxy) is 2. The zero-order valence-electron chi connectivity index (χ0n) is 15.4. The summed E-state index contributed by atoms with van der Waals surface area (Å²) in [5, 5.41) is 2.18. The van der Waals surface area contributed by atoms with Crippen LogP contribution in [0.25, 0.3) is 0 Å². The summed E-state index contributed by atoms with van der Waals surface area (Å²) < 4.78 is 10.8. The summed E-state index contributed by atoms with van der Waals surface area (Å²) in [6.07, 6.45) is 3.48. The van der Waals surface area contributed by atoms with Crippen LogP contribution >= 0.6 is 69.6 Å². The van der Waals surface area contributed by atoms with E-state index < -0.39 is 4.33 Å². The lowest BCUT2D eigenvalue weighted by Gasteiger charge is -2.08. The molecule has 0 N–H and O–H groups in total. The molecule has 0 saturated heterocycles. The van der Waals surface area contributed by atoms with Crippen molar-refractivity contribution in [3.05, 3.63) is 56.5 Å². The molecule has 0 aromatic heterocycles. The molecule has 0 bridgehead atoms. The van der Waals surface area contributed by atoms with Crippen molar-refractivity contribution in [3.63, 3.8) is 0 Å². The molecule has 3 rings (SSSR count). The highest BCUT2D eigenvalue weighted by Crippen LogP contribution is 2.63. The predicted octanol–water partition coefficient (Wildman–Crippen LogP) is 8.74. The van der Waals surface area contributed by atoms with Crippen LogP contribution in [0.4, 0.5) is 0 Å². The van der Waals surface area contributed by atoms with Crippen LogP contribution in [-0.2, 0) is 0 Å². The Labute approximate surface area is 201 Å². The van der Waals surface area contributed by atoms with E-state index in [2.05, 4.69) is 0 Å². The van der Waals surface area contributed by atoms with Crippen LogP contribution < -0.4 is 9.47 Å². The Morgan fingerprint density at radius 2 is 1.10 bits per heavy atom. The largest absolute Gasteiger partial charge is 0.492 e. The number of alkyl halides is 2. The van der Waals surface area contributed by atoms with Crippen molar-refractivity contribution in [3.8, 4) is 11.5 Å². The summed E-state index contributed by atoms with van der Waals surface area (Å²) in [6, 6.07) is 10.4. The van der Waals surface area contributed by atoms with Crippen molar-refractivity contribution in [2.24, 2.45) is 11.8 Å². The Hall–Kier alpha value is -0.220. The van der Waals surface area contributed by atoms with Crippen molar-refractivity contribution >= 4 is 69.6 Å². The van der Waals surface area contributed by atoms with E-state index >= 15 is 0 Å². The standard InChI is InChI=1S/C21H20Cl6O2/c22-13-5-7-19(17(24)11-13)28-9-1-3-15-16(21(15,26)27)4-2-10-29-20-8-6-14(23)12-18(20)25/h5-8,11-12,15-16H,1-4,9-10H2. The molecular weight excluding hydrogens is 497 g/mol. The van der Waals surface area contributed by atoms with Crippen molar-refractivity contribution in [2.45, 2.75) is 30.0 Å². The van der Waals surface area contributed by atoms with Crippen LogP contribution in [0.1, 0.15) is 25.7 Å². The van der Waals surface area contributed by atoms with Crippen LogP contribution in [0.15, 0.2) is 36.4 Å². The maximum atomic E-state index is 6.46. The molecule has 2 nitrogen and oxygen atoms in total. The van der Waals surface area contributed by atoms with Crippen molar-refractivity contribution in [1.82, 2.24) is 0 Å². The van der Waals surface area contributed by atoms with Gasteiger partial charge in [-0.25, -0.2) is 0 Å². The van der Waals surface area contributed by atoms with Crippen molar-refractivity contribution < 1.29 is 9.47 Å². The highest BCUT2D eigenvalue weighted by molar-refractivity contribution is 6.51. The zero-order valence-corrected chi connectivity index (χ0v) is 20.0. The molecule has 2 atom stereocenters. The first-order valence-electron chi connectivity index (χ1n) is 9.32. The first-order chi connectivity index (χ1) is 13.8. The zero-order chi connectivity index (χ0) is 21.0. The summed E-state index contributed by atoms with van der Waals surface area (Å²) in [7, 11) is 0. The molecule has 1 saturated carbocycles. The van der Waals surface area contributed by atoms with Crippen LogP contribution in [0, 0.1) is 11.8 Å². The van der Waals surface area contributed by atoms with Crippen LogP contribution in [0.3, 0.4) is 0 Å². The third-order valence-corrected chi connectivity index (χ3v) is 7.17. The second-order valence-corrected chi connectivity index (χ2v) is 10.1. The van der Waals surface area contributed by atoms with E-state index in [1.54, 1.807) is 36.4 Å². The number of hydrogen-bond acceptors (Lipinski definition) is 2. The normalized spacial score (nSPS) is 19.8. The Balaban J connectivity index is 1.35. The number of halogens is 6. The van der Waals surface area contributed by atoms with Gasteiger partial charge >= 0.3 is 0 Å². The average molecular weight is 517 g/mol. The first kappa shape index (κ1) is 23.4. The fourth-order valence-corrected chi connectivity index (χ4v) is 5.25. The number of hydrogen-bond donors (Lipinski definition) is 0. The molecule has 0 spiro atoms. The van der Waals surface area contributed by atoms with E-state index in [-0.39, 0.29) is 11.8 Å². The Kier molecular flexibility index (Phi) is 8.40. The monoisotopic (exact) mass is 514 g/mol. The molecule has 29 heavy (non-hydrogen) atoms. The van der Waals surface area contributed by atoms with Crippen molar-refractivity contribution in [2.75, 3.05) is 13.2 Å². The molecule has 158 valence electrons. The minimum atomic E-state index is -0.671. The lowest BCUT2D eigenvalue weighted by atomic mass is 10.1. The summed E-state index contributed by atoms with van der Waals surface area (Å²) in [5.74, 6) is 1.78. The Morgan fingerprint density at radius 3 is 1.48 bits per heavy atom. The van der Waals surface area contributed by atoms with Gasteiger partial charge in [0, 0.05) is 10.0 Å². The minimum Gasteiger partial charge on any atom is -0.492 e. The van der Waals surface area contributed by atoms with E-state index in [4.69, 9.17) is 79.1 Å². The third kappa shape index (κ3) is 6.38. The second-order valence-electron chi connectivity index (χ2n) is 7.02. The molecule has 0 aliphatic heterocycles. The molecule has 8 heteroatoms. The lowest BCUT2D eigenvalue weighted by Crippen LogP contribution is -2.00. The van der Waals surface area contributed by atoms with E-state index in [0.717, 1.165) is 25.7 Å². The van der Waals surface area contributed by atoms with Gasteiger partial charge in [0.05, 0.1) is 23.3 Å². The molecule has 2 aromatic rings. The Morgan fingerprint density at radius 1 is 0.690 bits per heavy atom. The van der Waals surface area contributed by atoms with E-state index in [1.807, 2.05) is 0 Å². The van der Waals surface area contributed by atoms with Gasteiger partial charge in [-0.1, -0.05) is 46.4 Å². The smallest absolute Gasteiger partial charge is 0.137 e. The Bertz CT molecular complexity index is 774. The van der Waals surface area contributed by atoms with E-state index in [1.165, 1.54) is 0 Å². The molecule has 1 fully saturated rings. The lowest BCUT2D eigenvalue weighted by molar-refractivity contribution is 0.295.